The molecule has 1 heteroatoms. The van der Waals surface area contributed by atoms with Crippen LogP contribution in [0.5, 0.6) is 0 Å². The Morgan fingerprint density at radius 3 is 2.64 bits per heavy atom. The Bertz CT molecular complexity index is 143. The van der Waals surface area contributed by atoms with Gasteiger partial charge >= 0.3 is 0 Å². The molecule has 11 heavy (non-hydrogen) atoms. The van der Waals surface area contributed by atoms with Gasteiger partial charge in [-0.15, -0.1) is 0 Å². The number of nitrogens with one attached hydrogen (secondary N) is 1. The molecular weight excluding hydrogens is 134 g/mol. The van der Waals surface area contributed by atoms with Gasteiger partial charge in [0.05, 0.1) is 0 Å². The van der Waals surface area contributed by atoms with Gasteiger partial charge in [-0.25, -0.2) is 0 Å². The van der Waals surface area contributed by atoms with Crippen LogP contribution in [0.3, 0.4) is 0 Å². The Morgan fingerprint density at radius 2 is 2.18 bits per heavy atom. The Morgan fingerprint density at radius 1 is 1.45 bits per heavy atom. The van der Waals surface area contributed by atoms with Gasteiger partial charge < -0.3 is 5.32 Å². The minimum atomic E-state index is 0.454. The highest BCUT2D eigenvalue weighted by molar-refractivity contribution is 5.09. The SMILES string of the molecule is CC(C)(C)CC=C1CCNC1. The number of rotatable bonds is 1. The average molecular weight is 153 g/mol. The van der Waals surface area contributed by atoms with Gasteiger partial charge in [0.15, 0.2) is 0 Å². The molecule has 0 aromatic carbocycles. The lowest BCUT2D eigenvalue weighted by molar-refractivity contribution is 0.419. The molecule has 1 N–H and O–H groups in total. The number of allylic oxidation sites excluding steroid dienone is 1. The van der Waals surface area contributed by atoms with Gasteiger partial charge in [0.2, 0.25) is 0 Å². The number of hydrogen-bond donors (Lipinski definition) is 1. The number of hydrogen-bond acceptors (Lipinski definition) is 1. The quantitative estimate of drug-likeness (QED) is 0.570. The van der Waals surface area contributed by atoms with E-state index in [0.29, 0.717) is 5.41 Å². The third kappa shape index (κ3) is 3.57. The first kappa shape index (κ1) is 8.79. The monoisotopic (exact) mass is 153 g/mol. The van der Waals surface area contributed by atoms with Crippen LogP contribution in [-0.4, -0.2) is 13.1 Å². The summed E-state index contributed by atoms with van der Waals surface area (Å²) >= 11 is 0. The highest BCUT2D eigenvalue weighted by Gasteiger charge is 2.10. The van der Waals surface area contributed by atoms with E-state index >= 15 is 0 Å². The van der Waals surface area contributed by atoms with Crippen LogP contribution < -0.4 is 5.32 Å². The van der Waals surface area contributed by atoms with Crippen molar-refractivity contribution in [3.63, 3.8) is 0 Å². The average Bonchev–Trinajstić information content (AvgIpc) is 2.32. The van der Waals surface area contributed by atoms with Crippen LogP contribution in [0.4, 0.5) is 0 Å². The van der Waals surface area contributed by atoms with Gasteiger partial charge in [-0.2, -0.15) is 0 Å². The molecule has 1 fully saturated rings. The predicted octanol–water partition coefficient (Wildman–Crippen LogP) is 2.34. The minimum Gasteiger partial charge on any atom is -0.313 e. The van der Waals surface area contributed by atoms with E-state index in [-0.39, 0.29) is 0 Å². The summed E-state index contributed by atoms with van der Waals surface area (Å²) in [5, 5.41) is 3.34. The maximum Gasteiger partial charge on any atom is 0.0165 e. The fraction of sp³-hybridized carbons (Fsp3) is 0.800. The minimum absolute atomic E-state index is 0.454. The molecule has 1 aliphatic rings. The Kier molecular flexibility index (Phi) is 2.72. The van der Waals surface area contributed by atoms with Gasteiger partial charge in [0, 0.05) is 6.54 Å². The topological polar surface area (TPSA) is 12.0 Å². The Balaban J connectivity index is 2.34. The molecule has 0 bridgehead atoms. The first-order valence-corrected chi connectivity index (χ1v) is 4.46. The molecule has 0 amide bonds. The van der Waals surface area contributed by atoms with Crippen LogP contribution in [0.25, 0.3) is 0 Å². The van der Waals surface area contributed by atoms with E-state index in [0.717, 1.165) is 6.54 Å². The van der Waals surface area contributed by atoms with Crippen molar-refractivity contribution < 1.29 is 0 Å². The molecule has 0 unspecified atom stereocenters. The summed E-state index contributed by atoms with van der Waals surface area (Å²) in [6.45, 7) is 9.15. The second kappa shape index (κ2) is 3.40. The molecule has 1 heterocycles. The van der Waals surface area contributed by atoms with Crippen molar-refractivity contribution in [1.29, 1.82) is 0 Å². The van der Waals surface area contributed by atoms with E-state index in [1.165, 1.54) is 19.4 Å². The van der Waals surface area contributed by atoms with E-state index in [1.54, 1.807) is 5.57 Å². The molecule has 1 rings (SSSR count). The summed E-state index contributed by atoms with van der Waals surface area (Å²) in [5.74, 6) is 0. The van der Waals surface area contributed by atoms with Crippen LogP contribution in [0.1, 0.15) is 33.6 Å². The van der Waals surface area contributed by atoms with Crippen molar-refractivity contribution in [2.24, 2.45) is 5.41 Å². The predicted molar refractivity (Wildman–Crippen MR) is 49.6 cm³/mol. The van der Waals surface area contributed by atoms with E-state index in [1.807, 2.05) is 0 Å². The molecule has 0 radical (unpaired) electrons. The lowest BCUT2D eigenvalue weighted by Gasteiger charge is -2.15. The standard InChI is InChI=1S/C10H19N/c1-10(2,3)6-4-9-5-7-11-8-9/h4,11H,5-8H2,1-3H3. The van der Waals surface area contributed by atoms with Crippen molar-refractivity contribution in [1.82, 2.24) is 5.32 Å². The molecule has 0 aromatic rings. The summed E-state index contributed by atoms with van der Waals surface area (Å²) in [5.41, 5.74) is 2.05. The highest BCUT2D eigenvalue weighted by atomic mass is 14.9. The van der Waals surface area contributed by atoms with Gasteiger partial charge in [-0.3, -0.25) is 0 Å². The second-order valence-corrected chi connectivity index (χ2v) is 4.55. The van der Waals surface area contributed by atoms with Crippen LogP contribution in [0, 0.1) is 5.41 Å². The highest BCUT2D eigenvalue weighted by Crippen LogP contribution is 2.21. The zero-order valence-electron chi connectivity index (χ0n) is 7.91. The first-order chi connectivity index (χ1) is 5.08. The molecule has 0 atom stereocenters. The molecule has 0 aromatic heterocycles. The Hall–Kier alpha value is -0.300. The van der Waals surface area contributed by atoms with E-state index in [9.17, 15) is 0 Å². The molecule has 0 saturated carbocycles. The second-order valence-electron chi connectivity index (χ2n) is 4.55. The molecule has 0 spiro atoms. The zero-order valence-corrected chi connectivity index (χ0v) is 7.91. The fourth-order valence-electron chi connectivity index (χ4n) is 1.21. The third-order valence-corrected chi connectivity index (χ3v) is 1.98. The summed E-state index contributed by atoms with van der Waals surface area (Å²) < 4.78 is 0. The zero-order chi connectivity index (χ0) is 8.32. The van der Waals surface area contributed by atoms with Crippen molar-refractivity contribution >= 4 is 0 Å². The van der Waals surface area contributed by atoms with Gasteiger partial charge in [-0.1, -0.05) is 32.4 Å². The molecule has 1 aliphatic heterocycles. The molecule has 1 nitrogen and oxygen atoms in total. The largest absolute Gasteiger partial charge is 0.313 e. The van der Waals surface area contributed by atoms with Crippen molar-refractivity contribution in [3.05, 3.63) is 11.6 Å². The van der Waals surface area contributed by atoms with E-state index in [4.69, 9.17) is 0 Å². The molecular formula is C10H19N. The first-order valence-electron chi connectivity index (χ1n) is 4.46. The lowest BCUT2D eigenvalue weighted by atomic mass is 9.91. The van der Waals surface area contributed by atoms with Gasteiger partial charge in [-0.05, 0) is 24.8 Å². The maximum absolute atomic E-state index is 3.34. The van der Waals surface area contributed by atoms with Gasteiger partial charge in [0.25, 0.3) is 0 Å². The Labute approximate surface area is 69.9 Å². The molecule has 64 valence electrons. The van der Waals surface area contributed by atoms with Crippen LogP contribution in [0.15, 0.2) is 11.6 Å². The van der Waals surface area contributed by atoms with Crippen LogP contribution >= 0.6 is 0 Å². The summed E-state index contributed by atoms with van der Waals surface area (Å²) in [6.07, 6.45) is 4.88. The lowest BCUT2D eigenvalue weighted by Crippen LogP contribution is -2.06. The maximum atomic E-state index is 3.34. The van der Waals surface area contributed by atoms with Gasteiger partial charge in [0.1, 0.15) is 0 Å². The van der Waals surface area contributed by atoms with E-state index in [2.05, 4.69) is 32.2 Å². The normalized spacial score (nSPS) is 23.0. The summed E-state index contributed by atoms with van der Waals surface area (Å²) in [7, 11) is 0. The summed E-state index contributed by atoms with van der Waals surface area (Å²) in [4.78, 5) is 0. The fourth-order valence-corrected chi connectivity index (χ4v) is 1.21. The van der Waals surface area contributed by atoms with Crippen molar-refractivity contribution in [2.75, 3.05) is 13.1 Å². The van der Waals surface area contributed by atoms with Crippen molar-refractivity contribution in [3.8, 4) is 0 Å². The third-order valence-electron chi connectivity index (χ3n) is 1.98. The van der Waals surface area contributed by atoms with Crippen LogP contribution in [-0.2, 0) is 0 Å². The van der Waals surface area contributed by atoms with E-state index < -0.39 is 0 Å². The molecule has 0 aliphatic carbocycles. The summed E-state index contributed by atoms with van der Waals surface area (Å²) in [6, 6.07) is 0. The van der Waals surface area contributed by atoms with Crippen LogP contribution in [0.2, 0.25) is 0 Å². The van der Waals surface area contributed by atoms with Crippen molar-refractivity contribution in [2.45, 2.75) is 33.6 Å². The molecule has 1 saturated heterocycles. The smallest absolute Gasteiger partial charge is 0.0165 e.